The van der Waals surface area contributed by atoms with Gasteiger partial charge < -0.3 is 5.32 Å². The van der Waals surface area contributed by atoms with E-state index in [9.17, 15) is 4.79 Å². The van der Waals surface area contributed by atoms with Crippen molar-refractivity contribution in [2.45, 2.75) is 19.9 Å². The molecule has 110 valence electrons. The first-order valence-electron chi connectivity index (χ1n) is 7.41. The second kappa shape index (κ2) is 5.98. The summed E-state index contributed by atoms with van der Waals surface area (Å²) in [6.07, 6.45) is 1.78. The summed E-state index contributed by atoms with van der Waals surface area (Å²) >= 11 is 0. The highest BCUT2D eigenvalue weighted by atomic mass is 16.1. The zero-order valence-electron chi connectivity index (χ0n) is 12.7. The standard InChI is InChI=1S/C19H18N2O/c1-13(2)21-19(22)18-15-10-6-7-11-17(15)20-12-16(18)14-8-4-3-5-9-14/h3-13H,1-2H3,(H,21,22). The van der Waals surface area contributed by atoms with Crippen LogP contribution in [0, 0.1) is 0 Å². The first-order chi connectivity index (χ1) is 10.7. The molecule has 0 radical (unpaired) electrons. The van der Waals surface area contributed by atoms with Gasteiger partial charge in [0.1, 0.15) is 0 Å². The Balaban J connectivity index is 2.26. The average Bonchev–Trinajstić information content (AvgIpc) is 2.54. The van der Waals surface area contributed by atoms with Crippen LogP contribution in [0.4, 0.5) is 0 Å². The summed E-state index contributed by atoms with van der Waals surface area (Å²) in [7, 11) is 0. The topological polar surface area (TPSA) is 42.0 Å². The van der Waals surface area contributed by atoms with Crippen molar-refractivity contribution in [1.82, 2.24) is 10.3 Å². The summed E-state index contributed by atoms with van der Waals surface area (Å²) in [5.74, 6) is -0.0625. The Bertz CT molecular complexity index is 810. The number of para-hydroxylation sites is 1. The highest BCUT2D eigenvalue weighted by Gasteiger charge is 2.17. The van der Waals surface area contributed by atoms with Crippen molar-refractivity contribution in [3.8, 4) is 11.1 Å². The molecule has 0 aliphatic rings. The van der Waals surface area contributed by atoms with Crippen molar-refractivity contribution < 1.29 is 4.79 Å². The number of hydrogen-bond donors (Lipinski definition) is 1. The molecule has 0 unspecified atom stereocenters. The van der Waals surface area contributed by atoms with Gasteiger partial charge in [-0.25, -0.2) is 0 Å². The fourth-order valence-electron chi connectivity index (χ4n) is 2.56. The van der Waals surface area contributed by atoms with E-state index in [0.29, 0.717) is 5.56 Å². The highest BCUT2D eigenvalue weighted by molar-refractivity contribution is 6.11. The number of rotatable bonds is 3. The second-order valence-corrected chi connectivity index (χ2v) is 5.56. The van der Waals surface area contributed by atoms with Crippen LogP contribution in [-0.4, -0.2) is 16.9 Å². The van der Waals surface area contributed by atoms with E-state index in [1.165, 1.54) is 0 Å². The van der Waals surface area contributed by atoms with Crippen LogP contribution in [0.5, 0.6) is 0 Å². The lowest BCUT2D eigenvalue weighted by molar-refractivity contribution is 0.0945. The van der Waals surface area contributed by atoms with Gasteiger partial charge in [0.05, 0.1) is 11.1 Å². The number of carbonyl (C=O) groups is 1. The highest BCUT2D eigenvalue weighted by Crippen LogP contribution is 2.28. The van der Waals surface area contributed by atoms with Gasteiger partial charge in [0.2, 0.25) is 0 Å². The molecule has 3 nitrogen and oxygen atoms in total. The van der Waals surface area contributed by atoms with Gasteiger partial charge in [-0.2, -0.15) is 0 Å². The van der Waals surface area contributed by atoms with Crippen LogP contribution in [0.2, 0.25) is 0 Å². The molecule has 1 aromatic heterocycles. The van der Waals surface area contributed by atoms with Crippen LogP contribution < -0.4 is 5.32 Å². The number of amides is 1. The molecule has 3 aromatic rings. The number of benzene rings is 2. The maximum Gasteiger partial charge on any atom is 0.252 e. The lowest BCUT2D eigenvalue weighted by Gasteiger charge is -2.14. The second-order valence-electron chi connectivity index (χ2n) is 5.56. The molecule has 1 N–H and O–H groups in total. The summed E-state index contributed by atoms with van der Waals surface area (Å²) in [5.41, 5.74) is 3.37. The van der Waals surface area contributed by atoms with Crippen molar-refractivity contribution in [2.75, 3.05) is 0 Å². The molecule has 0 atom stereocenters. The molecule has 0 saturated heterocycles. The number of nitrogens with zero attached hydrogens (tertiary/aromatic N) is 1. The zero-order chi connectivity index (χ0) is 15.5. The van der Waals surface area contributed by atoms with E-state index in [0.717, 1.165) is 22.0 Å². The third kappa shape index (κ3) is 2.70. The predicted molar refractivity (Wildman–Crippen MR) is 89.8 cm³/mol. The Hall–Kier alpha value is -2.68. The summed E-state index contributed by atoms with van der Waals surface area (Å²) < 4.78 is 0. The van der Waals surface area contributed by atoms with Crippen LogP contribution in [0.15, 0.2) is 60.8 Å². The quantitative estimate of drug-likeness (QED) is 0.791. The van der Waals surface area contributed by atoms with Gasteiger partial charge >= 0.3 is 0 Å². The number of fused-ring (bicyclic) bond motifs is 1. The van der Waals surface area contributed by atoms with Crippen molar-refractivity contribution in [3.05, 3.63) is 66.4 Å². The minimum absolute atomic E-state index is 0.0625. The minimum atomic E-state index is -0.0625. The molecule has 2 aromatic carbocycles. The summed E-state index contributed by atoms with van der Waals surface area (Å²) in [4.78, 5) is 17.2. The van der Waals surface area contributed by atoms with Crippen LogP contribution >= 0.6 is 0 Å². The fraction of sp³-hybridized carbons (Fsp3) is 0.158. The molecule has 0 spiro atoms. The Morgan fingerprint density at radius 1 is 1.00 bits per heavy atom. The Morgan fingerprint density at radius 3 is 2.41 bits per heavy atom. The third-order valence-corrected chi connectivity index (χ3v) is 3.51. The van der Waals surface area contributed by atoms with Crippen LogP contribution in [0.3, 0.4) is 0 Å². The first-order valence-corrected chi connectivity index (χ1v) is 7.41. The average molecular weight is 290 g/mol. The molecule has 0 aliphatic heterocycles. The molecular weight excluding hydrogens is 272 g/mol. The Labute approximate surface area is 130 Å². The maximum absolute atomic E-state index is 12.7. The lowest BCUT2D eigenvalue weighted by Crippen LogP contribution is -2.30. The van der Waals surface area contributed by atoms with E-state index >= 15 is 0 Å². The number of carbonyl (C=O) groups excluding carboxylic acids is 1. The summed E-state index contributed by atoms with van der Waals surface area (Å²) in [6.45, 7) is 3.92. The van der Waals surface area contributed by atoms with Crippen LogP contribution in [0.1, 0.15) is 24.2 Å². The minimum Gasteiger partial charge on any atom is -0.350 e. The summed E-state index contributed by atoms with van der Waals surface area (Å²) in [5, 5.41) is 3.87. The molecule has 1 amide bonds. The number of nitrogens with one attached hydrogen (secondary N) is 1. The smallest absolute Gasteiger partial charge is 0.252 e. The lowest BCUT2D eigenvalue weighted by atomic mass is 9.97. The van der Waals surface area contributed by atoms with E-state index in [-0.39, 0.29) is 11.9 Å². The fourth-order valence-corrected chi connectivity index (χ4v) is 2.56. The van der Waals surface area contributed by atoms with Gasteiger partial charge in [-0.1, -0.05) is 48.5 Å². The van der Waals surface area contributed by atoms with Gasteiger partial charge in [-0.3, -0.25) is 9.78 Å². The van der Waals surface area contributed by atoms with Gasteiger partial charge in [0.25, 0.3) is 5.91 Å². The van der Waals surface area contributed by atoms with E-state index < -0.39 is 0 Å². The van der Waals surface area contributed by atoms with E-state index in [1.807, 2.05) is 68.4 Å². The van der Waals surface area contributed by atoms with Gasteiger partial charge in [0, 0.05) is 23.2 Å². The Kier molecular flexibility index (Phi) is 3.88. The maximum atomic E-state index is 12.7. The number of aromatic nitrogens is 1. The van der Waals surface area contributed by atoms with Crippen molar-refractivity contribution >= 4 is 16.8 Å². The van der Waals surface area contributed by atoms with E-state index in [4.69, 9.17) is 0 Å². The number of pyridine rings is 1. The van der Waals surface area contributed by atoms with E-state index in [1.54, 1.807) is 6.20 Å². The summed E-state index contributed by atoms with van der Waals surface area (Å²) in [6, 6.07) is 17.7. The molecule has 22 heavy (non-hydrogen) atoms. The Morgan fingerprint density at radius 2 is 1.68 bits per heavy atom. The zero-order valence-corrected chi connectivity index (χ0v) is 12.7. The molecule has 0 aliphatic carbocycles. The van der Waals surface area contributed by atoms with Crippen LogP contribution in [-0.2, 0) is 0 Å². The molecule has 3 heteroatoms. The molecule has 3 rings (SSSR count). The predicted octanol–water partition coefficient (Wildman–Crippen LogP) is 4.04. The molecule has 1 heterocycles. The molecular formula is C19H18N2O. The molecule has 0 fully saturated rings. The van der Waals surface area contributed by atoms with Crippen molar-refractivity contribution in [1.29, 1.82) is 0 Å². The van der Waals surface area contributed by atoms with Gasteiger partial charge in [0.15, 0.2) is 0 Å². The van der Waals surface area contributed by atoms with E-state index in [2.05, 4.69) is 10.3 Å². The number of hydrogen-bond acceptors (Lipinski definition) is 2. The first kappa shape index (κ1) is 14.3. The van der Waals surface area contributed by atoms with Crippen molar-refractivity contribution in [3.63, 3.8) is 0 Å². The monoisotopic (exact) mass is 290 g/mol. The van der Waals surface area contributed by atoms with Gasteiger partial charge in [-0.05, 0) is 25.5 Å². The van der Waals surface area contributed by atoms with Gasteiger partial charge in [-0.15, -0.1) is 0 Å². The van der Waals surface area contributed by atoms with Crippen molar-refractivity contribution in [2.24, 2.45) is 0 Å². The normalized spacial score (nSPS) is 10.9. The largest absolute Gasteiger partial charge is 0.350 e. The molecule has 0 bridgehead atoms. The SMILES string of the molecule is CC(C)NC(=O)c1c(-c2ccccc2)cnc2ccccc12. The third-order valence-electron chi connectivity index (χ3n) is 3.51. The van der Waals surface area contributed by atoms with Crippen LogP contribution in [0.25, 0.3) is 22.0 Å². The molecule has 0 saturated carbocycles.